The number of rotatable bonds is 3. The zero-order valence-corrected chi connectivity index (χ0v) is 19.8. The Morgan fingerprint density at radius 3 is 2.53 bits per heavy atom. The highest BCUT2D eigenvalue weighted by Gasteiger charge is 2.46. The van der Waals surface area contributed by atoms with Crippen molar-refractivity contribution < 1.29 is 17.6 Å². The molecule has 1 aromatic carbocycles. The topological polar surface area (TPSA) is 105 Å². The number of halogens is 2. The number of fused-ring (bicyclic) bond motifs is 2. The van der Waals surface area contributed by atoms with E-state index in [2.05, 4.69) is 10.3 Å². The van der Waals surface area contributed by atoms with Crippen molar-refractivity contribution in [2.45, 2.75) is 36.3 Å². The lowest BCUT2D eigenvalue weighted by Crippen LogP contribution is -2.38. The van der Waals surface area contributed by atoms with Crippen LogP contribution in [0.25, 0.3) is 11.1 Å². The van der Waals surface area contributed by atoms with Gasteiger partial charge in [-0.05, 0) is 37.8 Å². The van der Waals surface area contributed by atoms with E-state index in [0.29, 0.717) is 48.6 Å². The average Bonchev–Trinajstić information content (AvgIpc) is 3.07. The first kappa shape index (κ1) is 22.8. The summed E-state index contributed by atoms with van der Waals surface area (Å²) < 4.78 is 39.5. The number of benzene rings is 1. The van der Waals surface area contributed by atoms with E-state index in [-0.39, 0.29) is 27.5 Å². The molecule has 0 radical (unpaired) electrons. The summed E-state index contributed by atoms with van der Waals surface area (Å²) in [7, 11) is -0.0511. The summed E-state index contributed by atoms with van der Waals surface area (Å²) in [6, 6.07) is 2.99. The van der Waals surface area contributed by atoms with Crippen molar-refractivity contribution in [1.29, 1.82) is 0 Å². The molecule has 1 amide bonds. The van der Waals surface area contributed by atoms with E-state index in [4.69, 9.17) is 17.3 Å². The average molecular weight is 481 g/mol. The van der Waals surface area contributed by atoms with Gasteiger partial charge in [0.1, 0.15) is 21.5 Å². The minimum Gasteiger partial charge on any atom is -0.398 e. The van der Waals surface area contributed by atoms with Crippen LogP contribution in [0.5, 0.6) is 0 Å². The normalized spacial score (nSPS) is 22.5. The molecular weight excluding hydrogens is 455 g/mol. The summed E-state index contributed by atoms with van der Waals surface area (Å²) in [5.74, 6) is -0.644. The van der Waals surface area contributed by atoms with Gasteiger partial charge in [0.25, 0.3) is 5.91 Å². The fourth-order valence-corrected chi connectivity index (χ4v) is 6.41. The Labute approximate surface area is 192 Å². The first-order chi connectivity index (χ1) is 15.0. The number of nitrogens with zero attached hydrogens (tertiary/aromatic N) is 2. The number of nitrogens with one attached hydrogen (secondary N) is 1. The van der Waals surface area contributed by atoms with Gasteiger partial charge < -0.3 is 16.0 Å². The lowest BCUT2D eigenvalue weighted by Gasteiger charge is -2.37. The van der Waals surface area contributed by atoms with Gasteiger partial charge >= 0.3 is 0 Å². The summed E-state index contributed by atoms with van der Waals surface area (Å²) in [6.07, 6.45) is 5.14. The monoisotopic (exact) mass is 480 g/mol. The van der Waals surface area contributed by atoms with Crippen LogP contribution < -0.4 is 11.1 Å². The minimum atomic E-state index is -3.11. The number of nitrogens with two attached hydrogens (primary N) is 1. The van der Waals surface area contributed by atoms with Gasteiger partial charge in [-0.1, -0.05) is 11.6 Å². The molecule has 2 aliphatic rings. The molecule has 172 valence electrons. The minimum absolute atomic E-state index is 0.0485. The Morgan fingerprint density at radius 2 is 1.94 bits per heavy atom. The van der Waals surface area contributed by atoms with Crippen LogP contribution in [0.2, 0.25) is 5.02 Å². The van der Waals surface area contributed by atoms with Crippen LogP contribution in [-0.2, 0) is 15.3 Å². The third-order valence-electron chi connectivity index (χ3n) is 6.72. The molecule has 7 nitrogen and oxygen atoms in total. The molecule has 2 aromatic rings. The molecule has 1 aliphatic heterocycles. The molecule has 2 heterocycles. The molecule has 10 heteroatoms. The van der Waals surface area contributed by atoms with Crippen LogP contribution in [-0.4, -0.2) is 56.4 Å². The van der Waals surface area contributed by atoms with Gasteiger partial charge in [0, 0.05) is 60.9 Å². The van der Waals surface area contributed by atoms with Crippen LogP contribution in [0.1, 0.15) is 41.6 Å². The second-order valence-electron chi connectivity index (χ2n) is 8.96. The van der Waals surface area contributed by atoms with Crippen molar-refractivity contribution in [1.82, 2.24) is 9.88 Å². The van der Waals surface area contributed by atoms with Crippen LogP contribution >= 0.6 is 11.6 Å². The van der Waals surface area contributed by atoms with Crippen LogP contribution in [0.4, 0.5) is 15.9 Å². The van der Waals surface area contributed by atoms with E-state index >= 15 is 4.39 Å². The summed E-state index contributed by atoms with van der Waals surface area (Å²) in [6.45, 7) is 0.601. The predicted octanol–water partition coefficient (Wildman–Crippen LogP) is 3.48. The Bertz CT molecular complexity index is 1210. The molecule has 1 aromatic heterocycles. The van der Waals surface area contributed by atoms with Gasteiger partial charge in [-0.15, -0.1) is 0 Å². The number of amides is 1. The Morgan fingerprint density at radius 1 is 1.28 bits per heavy atom. The molecule has 1 fully saturated rings. The third kappa shape index (κ3) is 3.61. The Hall–Kier alpha value is -2.39. The van der Waals surface area contributed by atoms with Gasteiger partial charge in [0.2, 0.25) is 0 Å². The second-order valence-corrected chi connectivity index (χ2v) is 11.7. The molecule has 1 spiro atoms. The van der Waals surface area contributed by atoms with Crippen molar-refractivity contribution in [2.24, 2.45) is 0 Å². The van der Waals surface area contributed by atoms with Gasteiger partial charge in [0.15, 0.2) is 0 Å². The summed E-state index contributed by atoms with van der Waals surface area (Å²) in [5.41, 5.74) is 6.71. The van der Waals surface area contributed by atoms with E-state index in [1.807, 2.05) is 0 Å². The maximum absolute atomic E-state index is 15.5. The van der Waals surface area contributed by atoms with Crippen molar-refractivity contribution in [3.8, 4) is 11.1 Å². The SMILES string of the molecule is CN(C)C(=O)c1c(N)ccc(-c2cnc3c(c2Cl)C2(CCC(S(C)(=O)=O)CC2)CN3)c1F. The predicted molar refractivity (Wildman–Crippen MR) is 124 cm³/mol. The highest BCUT2D eigenvalue weighted by Crippen LogP contribution is 2.51. The Kier molecular flexibility index (Phi) is 5.61. The zero-order chi connectivity index (χ0) is 23.4. The molecule has 3 N–H and O–H groups in total. The maximum atomic E-state index is 15.5. The molecule has 0 saturated heterocycles. The number of hydrogen-bond donors (Lipinski definition) is 2. The molecule has 0 unspecified atom stereocenters. The van der Waals surface area contributed by atoms with E-state index in [9.17, 15) is 13.2 Å². The lowest BCUT2D eigenvalue weighted by atomic mass is 9.70. The number of carbonyl (C=O) groups is 1. The molecular formula is C22H26ClFN4O3S. The van der Waals surface area contributed by atoms with Crippen molar-refractivity contribution in [3.63, 3.8) is 0 Å². The van der Waals surface area contributed by atoms with Crippen molar-refractivity contribution >= 4 is 38.9 Å². The Balaban J connectivity index is 1.79. The van der Waals surface area contributed by atoms with Gasteiger partial charge in [-0.25, -0.2) is 17.8 Å². The summed E-state index contributed by atoms with van der Waals surface area (Å²) >= 11 is 6.85. The zero-order valence-electron chi connectivity index (χ0n) is 18.2. The maximum Gasteiger partial charge on any atom is 0.258 e. The van der Waals surface area contributed by atoms with Gasteiger partial charge in [0.05, 0.1) is 15.8 Å². The highest BCUT2D eigenvalue weighted by atomic mass is 35.5. The van der Waals surface area contributed by atoms with Crippen molar-refractivity contribution in [3.05, 3.63) is 40.3 Å². The molecule has 1 saturated carbocycles. The highest BCUT2D eigenvalue weighted by molar-refractivity contribution is 7.91. The standard InChI is InChI=1S/C22H26ClFN4O3S/c1-28(2)21(29)16-15(25)5-4-13(19(16)24)14-10-26-20-17(18(14)23)22(11-27-20)8-6-12(7-9-22)32(3,30)31/h4-5,10,12H,6-9,11,25H2,1-3H3,(H,26,27). The summed E-state index contributed by atoms with van der Waals surface area (Å²) in [4.78, 5) is 18.2. The van der Waals surface area contributed by atoms with E-state index < -0.39 is 21.6 Å². The van der Waals surface area contributed by atoms with Gasteiger partial charge in [-0.2, -0.15) is 0 Å². The smallest absolute Gasteiger partial charge is 0.258 e. The molecule has 32 heavy (non-hydrogen) atoms. The molecule has 1 aliphatic carbocycles. The quantitative estimate of drug-likeness (QED) is 0.651. The van der Waals surface area contributed by atoms with Crippen LogP contribution in [0, 0.1) is 5.82 Å². The fraction of sp³-hybridized carbons (Fsp3) is 0.455. The number of nitrogen functional groups attached to an aromatic ring is 1. The van der Waals surface area contributed by atoms with Crippen LogP contribution in [0.15, 0.2) is 18.3 Å². The first-order valence-corrected chi connectivity index (χ1v) is 12.7. The van der Waals surface area contributed by atoms with Gasteiger partial charge in [-0.3, -0.25) is 4.79 Å². The largest absolute Gasteiger partial charge is 0.398 e. The van der Waals surface area contributed by atoms with Crippen molar-refractivity contribution in [2.75, 3.05) is 37.9 Å². The molecule has 4 rings (SSSR count). The number of anilines is 2. The third-order valence-corrected chi connectivity index (χ3v) is 8.79. The second kappa shape index (κ2) is 7.88. The summed E-state index contributed by atoms with van der Waals surface area (Å²) in [5, 5.41) is 3.29. The number of pyridine rings is 1. The fourth-order valence-electron chi connectivity index (χ4n) is 4.87. The van der Waals surface area contributed by atoms with E-state index in [1.165, 1.54) is 43.6 Å². The first-order valence-electron chi connectivity index (χ1n) is 10.4. The van der Waals surface area contributed by atoms with E-state index in [0.717, 1.165) is 5.56 Å². The van der Waals surface area contributed by atoms with E-state index in [1.54, 1.807) is 0 Å². The van der Waals surface area contributed by atoms with Crippen LogP contribution in [0.3, 0.4) is 0 Å². The number of carbonyl (C=O) groups excluding carboxylic acids is 1. The molecule has 0 atom stereocenters. The molecule has 0 bridgehead atoms. The number of aromatic nitrogens is 1. The lowest BCUT2D eigenvalue weighted by molar-refractivity contribution is 0.0824. The number of hydrogen-bond acceptors (Lipinski definition) is 6. The number of sulfone groups is 1.